The molecule has 0 bridgehead atoms. The van der Waals surface area contributed by atoms with E-state index < -0.39 is 0 Å². The fourth-order valence-corrected chi connectivity index (χ4v) is 1.92. The normalized spacial score (nSPS) is 20.9. The molecule has 1 saturated heterocycles. The molecule has 3 heteroatoms. The fourth-order valence-electron chi connectivity index (χ4n) is 1.92. The first kappa shape index (κ1) is 19.8. The van der Waals surface area contributed by atoms with Crippen molar-refractivity contribution in [2.75, 3.05) is 13.2 Å². The Morgan fingerprint density at radius 2 is 1.53 bits per heavy atom. The van der Waals surface area contributed by atoms with Gasteiger partial charge in [0.05, 0.1) is 0 Å². The summed E-state index contributed by atoms with van der Waals surface area (Å²) in [6.07, 6.45) is 5.99. The topological polar surface area (TPSA) is 9.23 Å². The van der Waals surface area contributed by atoms with E-state index in [0.717, 1.165) is 13.2 Å². The maximum Gasteiger partial charge on any atom is 2.00 e. The van der Waals surface area contributed by atoms with Crippen LogP contribution < -0.4 is 12.4 Å². The van der Waals surface area contributed by atoms with Crippen LogP contribution in [0.1, 0.15) is 47.5 Å². The van der Waals surface area contributed by atoms with Crippen LogP contribution in [0.2, 0.25) is 0 Å². The smallest absolute Gasteiger partial charge is 1.00 e. The zero-order valence-corrected chi connectivity index (χ0v) is 14.0. The second kappa shape index (κ2) is 8.57. The van der Waals surface area contributed by atoms with Crippen LogP contribution in [0.3, 0.4) is 0 Å². The number of hydrogen-bond donors (Lipinski definition) is 0. The van der Waals surface area contributed by atoms with Gasteiger partial charge in [-0.05, 0) is 12.8 Å². The molecule has 0 aromatic heterocycles. The largest absolute Gasteiger partial charge is 2.00 e. The predicted octanol–water partition coefficient (Wildman–Crippen LogP) is 0.532. The summed E-state index contributed by atoms with van der Waals surface area (Å²) in [7, 11) is 0. The van der Waals surface area contributed by atoms with E-state index in [1.54, 1.807) is 0 Å². The Kier molecular flexibility index (Phi) is 10.00. The van der Waals surface area contributed by atoms with Crippen LogP contribution in [0.15, 0.2) is 16.7 Å². The average Bonchev–Trinajstić information content (AvgIpc) is 2.76. The van der Waals surface area contributed by atoms with E-state index in [9.17, 15) is 0 Å². The molecule has 0 unspecified atom stereocenters. The second-order valence-electron chi connectivity index (χ2n) is 4.94. The first-order valence-corrected chi connectivity index (χ1v) is 5.83. The summed E-state index contributed by atoms with van der Waals surface area (Å²) >= 11 is 0. The number of halogens is 1. The Balaban J connectivity index is 0. The average molecular weight is 267 g/mol. The van der Waals surface area contributed by atoms with Crippen molar-refractivity contribution in [1.29, 1.82) is 0 Å². The van der Waals surface area contributed by atoms with Crippen LogP contribution in [-0.2, 0) is 4.74 Å². The van der Waals surface area contributed by atoms with Gasteiger partial charge in [0, 0.05) is 13.2 Å². The van der Waals surface area contributed by atoms with Crippen molar-refractivity contribution in [3.8, 4) is 0 Å². The van der Waals surface area contributed by atoms with Crippen molar-refractivity contribution in [3.05, 3.63) is 22.8 Å². The van der Waals surface area contributed by atoms with Crippen molar-refractivity contribution in [3.63, 3.8) is 0 Å². The zero-order valence-electron chi connectivity index (χ0n) is 11.8. The van der Waals surface area contributed by atoms with E-state index in [4.69, 9.17) is 4.74 Å². The molecule has 1 aliphatic heterocycles. The summed E-state index contributed by atoms with van der Waals surface area (Å²) in [6.45, 7) is 12.9. The predicted molar refractivity (Wildman–Crippen MR) is 70.4 cm³/mol. The molecule has 0 radical (unpaired) electrons. The molecule has 94 valence electrons. The van der Waals surface area contributed by atoms with Gasteiger partial charge >= 0.3 is 23.1 Å². The minimum Gasteiger partial charge on any atom is -1.00 e. The monoisotopic (exact) mass is 266 g/mol. The maximum atomic E-state index is 4.94. The molecule has 2 rings (SSSR count). The summed E-state index contributed by atoms with van der Waals surface area (Å²) in [6, 6.07) is 0. The number of rotatable bonds is 0. The summed E-state index contributed by atoms with van der Waals surface area (Å²) < 4.78 is 4.94. The molecule has 1 fully saturated rings. The SMILES string of the molecule is C1CCOC1.CC1=[C-]C(C)(C)C(C)=C1C.[Cl-].[Mg+2]. The van der Waals surface area contributed by atoms with Crippen molar-refractivity contribution in [2.24, 2.45) is 5.41 Å². The van der Waals surface area contributed by atoms with E-state index in [1.807, 2.05) is 0 Å². The van der Waals surface area contributed by atoms with Crippen LogP contribution in [0.4, 0.5) is 0 Å². The Labute approximate surface area is 129 Å². The van der Waals surface area contributed by atoms with Crippen molar-refractivity contribution in [2.45, 2.75) is 47.5 Å². The maximum absolute atomic E-state index is 4.94. The quantitative estimate of drug-likeness (QED) is 0.459. The van der Waals surface area contributed by atoms with Crippen LogP contribution in [0.25, 0.3) is 0 Å². The molecule has 0 saturated carbocycles. The van der Waals surface area contributed by atoms with Gasteiger partial charge in [-0.2, -0.15) is 11.1 Å². The van der Waals surface area contributed by atoms with Crippen molar-refractivity contribution < 1.29 is 17.1 Å². The molecule has 1 aliphatic carbocycles. The number of hydrogen-bond acceptors (Lipinski definition) is 1. The van der Waals surface area contributed by atoms with E-state index >= 15 is 0 Å². The van der Waals surface area contributed by atoms with Gasteiger partial charge in [-0.3, -0.25) is 6.08 Å². The zero-order chi connectivity index (χ0) is 11.5. The molecule has 0 N–H and O–H groups in total. The van der Waals surface area contributed by atoms with Gasteiger partial charge in [0.25, 0.3) is 0 Å². The molecule has 0 spiro atoms. The van der Waals surface area contributed by atoms with Gasteiger partial charge in [0.1, 0.15) is 0 Å². The van der Waals surface area contributed by atoms with Crippen LogP contribution in [0, 0.1) is 11.5 Å². The third-order valence-corrected chi connectivity index (χ3v) is 3.39. The van der Waals surface area contributed by atoms with Crippen molar-refractivity contribution in [1.82, 2.24) is 0 Å². The van der Waals surface area contributed by atoms with Gasteiger partial charge in [-0.25, -0.2) is 5.57 Å². The minimum atomic E-state index is 0. The van der Waals surface area contributed by atoms with Gasteiger partial charge in [0.15, 0.2) is 0 Å². The number of ether oxygens (including phenoxy) is 1. The molecule has 0 amide bonds. The third-order valence-electron chi connectivity index (χ3n) is 3.39. The molecule has 17 heavy (non-hydrogen) atoms. The molecular weight excluding hydrogens is 244 g/mol. The van der Waals surface area contributed by atoms with Crippen LogP contribution in [-0.4, -0.2) is 36.3 Å². The number of allylic oxidation sites excluding steroid dienone is 4. The molecule has 1 nitrogen and oxygen atoms in total. The summed E-state index contributed by atoms with van der Waals surface area (Å²) in [5.41, 5.74) is 4.39. The molecule has 0 atom stereocenters. The van der Waals surface area contributed by atoms with E-state index in [1.165, 1.54) is 29.6 Å². The minimum absolute atomic E-state index is 0. The molecule has 2 aliphatic rings. The van der Waals surface area contributed by atoms with Crippen molar-refractivity contribution >= 4 is 23.1 Å². The molecule has 1 heterocycles. The Bertz CT molecular complexity index is 281. The molecule has 0 aromatic carbocycles. The van der Waals surface area contributed by atoms with E-state index in [0.29, 0.717) is 0 Å². The standard InChI is InChI=1S/C10H15.C4H8O.ClH.Mg/c1-7-6-10(4,5)9(3)8(7)2;1-2-4-5-3-1;;/h1-5H3;1-4H2;1H;/q-1;;;+2/p-1. The Hall–Kier alpha value is 0.496. The first-order chi connectivity index (χ1) is 6.95. The van der Waals surface area contributed by atoms with E-state index in [2.05, 4.69) is 40.7 Å². The molecular formula is C14H23ClMgO. The Morgan fingerprint density at radius 3 is 1.65 bits per heavy atom. The molecule has 0 aromatic rings. The third kappa shape index (κ3) is 5.78. The van der Waals surface area contributed by atoms with Crippen LogP contribution in [0.5, 0.6) is 0 Å². The Morgan fingerprint density at radius 1 is 1.06 bits per heavy atom. The van der Waals surface area contributed by atoms with Gasteiger partial charge < -0.3 is 17.1 Å². The summed E-state index contributed by atoms with van der Waals surface area (Å²) in [4.78, 5) is 0. The van der Waals surface area contributed by atoms with Gasteiger partial charge in [0.2, 0.25) is 0 Å². The van der Waals surface area contributed by atoms with Gasteiger partial charge in [-0.1, -0.05) is 33.1 Å². The second-order valence-corrected chi connectivity index (χ2v) is 4.94. The fraction of sp³-hybridized carbons (Fsp3) is 0.714. The van der Waals surface area contributed by atoms with Crippen LogP contribution >= 0.6 is 0 Å². The summed E-state index contributed by atoms with van der Waals surface area (Å²) in [5.74, 6) is 0. The summed E-state index contributed by atoms with van der Waals surface area (Å²) in [5, 5.41) is 0. The van der Waals surface area contributed by atoms with Gasteiger partial charge in [-0.15, -0.1) is 6.92 Å². The first-order valence-electron chi connectivity index (χ1n) is 5.83. The van der Waals surface area contributed by atoms with E-state index in [-0.39, 0.29) is 40.9 Å².